The second-order valence-corrected chi connectivity index (χ2v) is 5.50. The first-order chi connectivity index (χ1) is 9.65. The maximum Gasteiger partial charge on any atom is 0.255 e. The van der Waals surface area contributed by atoms with Gasteiger partial charge in [0.25, 0.3) is 5.91 Å². The van der Waals surface area contributed by atoms with E-state index < -0.39 is 0 Å². The number of aliphatic hydroxyl groups excluding tert-OH is 1. The average Bonchev–Trinajstić information content (AvgIpc) is 2.88. The second-order valence-electron chi connectivity index (χ2n) is 5.50. The number of carbonyl (C=O) groups is 1. The Morgan fingerprint density at radius 1 is 1.50 bits per heavy atom. The fourth-order valence-electron chi connectivity index (χ4n) is 2.79. The third-order valence-corrected chi connectivity index (χ3v) is 3.88. The summed E-state index contributed by atoms with van der Waals surface area (Å²) in [6, 6.07) is 5.92. The van der Waals surface area contributed by atoms with E-state index in [0.29, 0.717) is 5.92 Å². The number of aryl methyl sites for hydroxylation is 1. The van der Waals surface area contributed by atoms with Crippen molar-refractivity contribution in [3.8, 4) is 0 Å². The number of nitrogens with one attached hydrogen (secondary N) is 1. The maximum absolute atomic E-state index is 12.6. The molecule has 1 aromatic rings. The fraction of sp³-hybridized carbons (Fsp3) is 0.562. The van der Waals surface area contributed by atoms with Crippen molar-refractivity contribution in [2.45, 2.75) is 26.7 Å². The lowest BCUT2D eigenvalue weighted by molar-refractivity contribution is 0.0785. The van der Waals surface area contributed by atoms with Gasteiger partial charge in [-0.15, -0.1) is 0 Å². The van der Waals surface area contributed by atoms with Crippen molar-refractivity contribution < 1.29 is 9.90 Å². The van der Waals surface area contributed by atoms with E-state index in [9.17, 15) is 4.79 Å². The van der Waals surface area contributed by atoms with Gasteiger partial charge in [-0.2, -0.15) is 0 Å². The molecule has 1 fully saturated rings. The molecule has 0 radical (unpaired) electrons. The first-order valence-corrected chi connectivity index (χ1v) is 7.40. The Kier molecular flexibility index (Phi) is 5.01. The molecule has 1 aliphatic rings. The van der Waals surface area contributed by atoms with E-state index in [1.54, 1.807) is 0 Å². The summed E-state index contributed by atoms with van der Waals surface area (Å²) >= 11 is 0. The predicted molar refractivity (Wildman–Crippen MR) is 81.1 cm³/mol. The smallest absolute Gasteiger partial charge is 0.255 e. The number of hydrogen-bond donors (Lipinski definition) is 2. The van der Waals surface area contributed by atoms with Crippen molar-refractivity contribution >= 4 is 11.6 Å². The summed E-state index contributed by atoms with van der Waals surface area (Å²) in [6.07, 6.45) is 1.78. The Labute approximate surface area is 120 Å². The van der Waals surface area contributed by atoms with Gasteiger partial charge in [-0.05, 0) is 50.3 Å². The van der Waals surface area contributed by atoms with Crippen LogP contribution in [0.3, 0.4) is 0 Å². The van der Waals surface area contributed by atoms with E-state index >= 15 is 0 Å². The van der Waals surface area contributed by atoms with E-state index in [1.807, 2.05) is 36.9 Å². The normalized spacial score (nSPS) is 18.4. The summed E-state index contributed by atoms with van der Waals surface area (Å²) in [5.41, 5.74) is 2.82. The van der Waals surface area contributed by atoms with Crippen LogP contribution >= 0.6 is 0 Å². The zero-order valence-corrected chi connectivity index (χ0v) is 12.4. The third-order valence-electron chi connectivity index (χ3n) is 3.88. The summed E-state index contributed by atoms with van der Waals surface area (Å²) in [5, 5.41) is 12.3. The SMILES string of the molecule is CCNc1cc(C)ccc1C(=O)N1CCC(CCO)C1. The number of nitrogens with zero attached hydrogens (tertiary/aromatic N) is 1. The standard InChI is InChI=1S/C16H24N2O2/c1-3-17-15-10-12(2)4-5-14(15)16(20)18-8-6-13(11-18)7-9-19/h4-5,10,13,17,19H,3,6-9,11H2,1-2H3. The highest BCUT2D eigenvalue weighted by Gasteiger charge is 2.27. The summed E-state index contributed by atoms with van der Waals surface area (Å²) in [7, 11) is 0. The Morgan fingerprint density at radius 2 is 2.30 bits per heavy atom. The quantitative estimate of drug-likeness (QED) is 0.867. The van der Waals surface area contributed by atoms with Crippen molar-refractivity contribution in [1.29, 1.82) is 0 Å². The minimum Gasteiger partial charge on any atom is -0.396 e. The van der Waals surface area contributed by atoms with Gasteiger partial charge in [0.2, 0.25) is 0 Å². The Bertz CT molecular complexity index is 474. The predicted octanol–water partition coefficient (Wildman–Crippen LogP) is 2.27. The molecule has 0 aromatic heterocycles. The van der Waals surface area contributed by atoms with Crippen LogP contribution in [0.25, 0.3) is 0 Å². The third kappa shape index (κ3) is 3.31. The number of carbonyl (C=O) groups excluding carboxylic acids is 1. The average molecular weight is 276 g/mol. The lowest BCUT2D eigenvalue weighted by Crippen LogP contribution is -2.29. The highest BCUT2D eigenvalue weighted by molar-refractivity contribution is 5.99. The monoisotopic (exact) mass is 276 g/mol. The molecular formula is C16H24N2O2. The zero-order chi connectivity index (χ0) is 14.5. The van der Waals surface area contributed by atoms with Crippen LogP contribution in [0.15, 0.2) is 18.2 Å². The van der Waals surface area contributed by atoms with Crippen LogP contribution in [-0.4, -0.2) is 42.2 Å². The van der Waals surface area contributed by atoms with Crippen LogP contribution in [-0.2, 0) is 0 Å². The van der Waals surface area contributed by atoms with Gasteiger partial charge in [-0.3, -0.25) is 4.79 Å². The Morgan fingerprint density at radius 3 is 3.00 bits per heavy atom. The highest BCUT2D eigenvalue weighted by Crippen LogP contribution is 2.25. The van der Waals surface area contributed by atoms with Gasteiger partial charge < -0.3 is 15.3 Å². The summed E-state index contributed by atoms with van der Waals surface area (Å²) in [4.78, 5) is 14.5. The topological polar surface area (TPSA) is 52.6 Å². The molecule has 1 amide bonds. The van der Waals surface area contributed by atoms with Gasteiger partial charge in [0.1, 0.15) is 0 Å². The van der Waals surface area contributed by atoms with Crippen molar-refractivity contribution in [3.05, 3.63) is 29.3 Å². The number of hydrogen-bond acceptors (Lipinski definition) is 3. The van der Waals surface area contributed by atoms with Crippen LogP contribution in [0.4, 0.5) is 5.69 Å². The van der Waals surface area contributed by atoms with Gasteiger partial charge in [0.05, 0.1) is 5.56 Å². The van der Waals surface area contributed by atoms with Crippen molar-refractivity contribution in [2.75, 3.05) is 31.6 Å². The first-order valence-electron chi connectivity index (χ1n) is 7.40. The maximum atomic E-state index is 12.6. The molecule has 1 aromatic carbocycles. The van der Waals surface area contributed by atoms with E-state index in [1.165, 1.54) is 0 Å². The zero-order valence-electron chi connectivity index (χ0n) is 12.4. The molecule has 1 saturated heterocycles. The molecule has 2 N–H and O–H groups in total. The van der Waals surface area contributed by atoms with Crippen molar-refractivity contribution in [1.82, 2.24) is 4.90 Å². The Hall–Kier alpha value is -1.55. The number of anilines is 1. The molecule has 0 aliphatic carbocycles. The molecule has 110 valence electrons. The lowest BCUT2D eigenvalue weighted by atomic mass is 10.1. The first kappa shape index (κ1) is 14.9. The Balaban J connectivity index is 2.13. The van der Waals surface area contributed by atoms with Crippen LogP contribution in [0.5, 0.6) is 0 Å². The summed E-state index contributed by atoms with van der Waals surface area (Å²) < 4.78 is 0. The second kappa shape index (κ2) is 6.75. The number of benzene rings is 1. The molecule has 4 heteroatoms. The summed E-state index contributed by atoms with van der Waals surface area (Å²) in [5.74, 6) is 0.540. The molecule has 1 unspecified atom stereocenters. The minimum absolute atomic E-state index is 0.0985. The van der Waals surface area contributed by atoms with Gasteiger partial charge in [-0.25, -0.2) is 0 Å². The fourth-order valence-corrected chi connectivity index (χ4v) is 2.79. The molecule has 2 rings (SSSR count). The molecule has 1 atom stereocenters. The van der Waals surface area contributed by atoms with E-state index in [4.69, 9.17) is 5.11 Å². The highest BCUT2D eigenvalue weighted by atomic mass is 16.3. The summed E-state index contributed by atoms with van der Waals surface area (Å²) in [6.45, 7) is 6.63. The van der Waals surface area contributed by atoms with Crippen LogP contribution < -0.4 is 5.32 Å². The molecule has 20 heavy (non-hydrogen) atoms. The number of aliphatic hydroxyl groups is 1. The minimum atomic E-state index is 0.0985. The van der Waals surface area contributed by atoms with Crippen molar-refractivity contribution in [3.63, 3.8) is 0 Å². The molecular weight excluding hydrogens is 252 g/mol. The van der Waals surface area contributed by atoms with Gasteiger partial charge in [-0.1, -0.05) is 6.07 Å². The number of rotatable bonds is 5. The molecule has 1 aliphatic heterocycles. The van der Waals surface area contributed by atoms with Gasteiger partial charge >= 0.3 is 0 Å². The van der Waals surface area contributed by atoms with E-state index in [0.717, 1.165) is 49.3 Å². The lowest BCUT2D eigenvalue weighted by Gasteiger charge is -2.19. The van der Waals surface area contributed by atoms with Crippen LogP contribution in [0.1, 0.15) is 35.7 Å². The molecule has 4 nitrogen and oxygen atoms in total. The largest absolute Gasteiger partial charge is 0.396 e. The molecule has 0 bridgehead atoms. The van der Waals surface area contributed by atoms with Gasteiger partial charge in [0, 0.05) is 31.9 Å². The van der Waals surface area contributed by atoms with E-state index in [-0.39, 0.29) is 12.5 Å². The van der Waals surface area contributed by atoms with Crippen LogP contribution in [0, 0.1) is 12.8 Å². The number of amides is 1. The number of likely N-dealkylation sites (tertiary alicyclic amines) is 1. The van der Waals surface area contributed by atoms with Gasteiger partial charge in [0.15, 0.2) is 0 Å². The molecule has 1 heterocycles. The van der Waals surface area contributed by atoms with E-state index in [2.05, 4.69) is 5.32 Å². The van der Waals surface area contributed by atoms with Crippen LogP contribution in [0.2, 0.25) is 0 Å². The molecule has 0 spiro atoms. The molecule has 0 saturated carbocycles. The van der Waals surface area contributed by atoms with Crippen molar-refractivity contribution in [2.24, 2.45) is 5.92 Å².